The van der Waals surface area contributed by atoms with Crippen molar-refractivity contribution >= 4 is 27.5 Å². The molecule has 0 N–H and O–H groups in total. The molecular formula is C24H23NO5S. The molecule has 0 heterocycles. The van der Waals surface area contributed by atoms with Gasteiger partial charge in [-0.3, -0.25) is 9.10 Å². The van der Waals surface area contributed by atoms with Crippen LogP contribution in [0.25, 0.3) is 0 Å². The number of para-hydroxylation sites is 1. The number of anilines is 1. The van der Waals surface area contributed by atoms with Crippen molar-refractivity contribution < 1.29 is 22.7 Å². The normalized spacial score (nSPS) is 12.1. The molecule has 3 rings (SSSR count). The molecule has 0 bridgehead atoms. The molecule has 1 atom stereocenters. The summed E-state index contributed by atoms with van der Waals surface area (Å²) in [4.78, 5) is 23.7. The first-order valence-electron chi connectivity index (χ1n) is 9.72. The zero-order valence-electron chi connectivity index (χ0n) is 17.3. The predicted molar refractivity (Wildman–Crippen MR) is 118 cm³/mol. The highest BCUT2D eigenvalue weighted by Gasteiger charge is 2.26. The zero-order chi connectivity index (χ0) is 22.4. The highest BCUT2D eigenvalue weighted by Crippen LogP contribution is 2.26. The van der Waals surface area contributed by atoms with E-state index in [1.54, 1.807) is 24.3 Å². The van der Waals surface area contributed by atoms with Gasteiger partial charge in [-0.25, -0.2) is 13.2 Å². The van der Waals surface area contributed by atoms with Gasteiger partial charge in [0.25, 0.3) is 10.0 Å². The summed E-state index contributed by atoms with van der Waals surface area (Å²) in [6.07, 6.45) is -0.910. The van der Waals surface area contributed by atoms with E-state index in [2.05, 4.69) is 0 Å². The topological polar surface area (TPSA) is 80.8 Å². The lowest BCUT2D eigenvalue weighted by atomic mass is 10.2. The van der Waals surface area contributed by atoms with Gasteiger partial charge in [0, 0.05) is 0 Å². The number of ketones is 1. The van der Waals surface area contributed by atoms with Gasteiger partial charge in [-0.2, -0.15) is 0 Å². The van der Waals surface area contributed by atoms with E-state index in [0.717, 1.165) is 5.56 Å². The highest BCUT2D eigenvalue weighted by molar-refractivity contribution is 7.92. The second-order valence-electron chi connectivity index (χ2n) is 7.02. The van der Waals surface area contributed by atoms with Gasteiger partial charge in [-0.15, -0.1) is 0 Å². The molecule has 6 nitrogen and oxygen atoms in total. The van der Waals surface area contributed by atoms with E-state index in [1.165, 1.54) is 42.4 Å². The molecule has 0 aliphatic carbocycles. The first-order valence-corrected chi connectivity index (χ1v) is 11.2. The summed E-state index contributed by atoms with van der Waals surface area (Å²) >= 11 is 0. The van der Waals surface area contributed by atoms with Gasteiger partial charge < -0.3 is 4.74 Å². The second kappa shape index (κ2) is 9.57. The Hall–Kier alpha value is -3.45. The van der Waals surface area contributed by atoms with Crippen molar-refractivity contribution in [2.75, 3.05) is 4.31 Å². The third-order valence-corrected chi connectivity index (χ3v) is 6.50. The summed E-state index contributed by atoms with van der Waals surface area (Å²) in [6, 6.07) is 23.7. The molecule has 31 heavy (non-hydrogen) atoms. The maximum Gasteiger partial charge on any atom is 0.338 e. The third-order valence-electron chi connectivity index (χ3n) is 4.73. The first-order chi connectivity index (χ1) is 14.8. The number of carbonyl (C=O) groups is 2. The van der Waals surface area contributed by atoms with Crippen molar-refractivity contribution in [1.29, 1.82) is 0 Å². The number of sulfonamides is 1. The van der Waals surface area contributed by atoms with Crippen LogP contribution in [-0.2, 0) is 26.1 Å². The predicted octanol–water partition coefficient (Wildman–Crippen LogP) is 4.22. The minimum atomic E-state index is -3.99. The molecule has 3 aromatic carbocycles. The molecule has 7 heteroatoms. The molecule has 0 aliphatic heterocycles. The number of esters is 1. The maximum absolute atomic E-state index is 13.6. The summed E-state index contributed by atoms with van der Waals surface area (Å²) in [5.74, 6) is -1.05. The van der Waals surface area contributed by atoms with Crippen molar-refractivity contribution in [3.63, 3.8) is 0 Å². The highest BCUT2D eigenvalue weighted by atomic mass is 32.2. The lowest BCUT2D eigenvalue weighted by Gasteiger charge is -2.25. The minimum absolute atomic E-state index is 0.0442. The van der Waals surface area contributed by atoms with E-state index in [9.17, 15) is 18.0 Å². The zero-order valence-corrected chi connectivity index (χ0v) is 18.1. The molecule has 0 aromatic heterocycles. The summed E-state index contributed by atoms with van der Waals surface area (Å²) in [6.45, 7) is 2.92. The van der Waals surface area contributed by atoms with Gasteiger partial charge >= 0.3 is 5.97 Å². The number of hydrogen-bond acceptors (Lipinski definition) is 5. The monoisotopic (exact) mass is 437 g/mol. The SMILES string of the molecule is CC(=O)C(C)OC(=O)c1cccc(S(=O)(=O)N(Cc2ccccc2)c2ccccc2)c1. The molecule has 0 spiro atoms. The number of benzene rings is 3. The van der Waals surface area contributed by atoms with Gasteiger partial charge in [0.1, 0.15) is 0 Å². The van der Waals surface area contributed by atoms with Crippen LogP contribution in [0.2, 0.25) is 0 Å². The summed E-state index contributed by atoms with van der Waals surface area (Å²) < 4.78 is 33.5. The number of Topliss-reactive ketones (excluding diaryl/α,β-unsaturated/α-hetero) is 1. The van der Waals surface area contributed by atoms with E-state index in [0.29, 0.717) is 5.69 Å². The summed E-state index contributed by atoms with van der Waals surface area (Å²) in [5, 5.41) is 0. The molecule has 0 aliphatic rings. The van der Waals surface area contributed by atoms with Crippen molar-refractivity contribution in [1.82, 2.24) is 0 Å². The van der Waals surface area contributed by atoms with Crippen molar-refractivity contribution in [2.24, 2.45) is 0 Å². The van der Waals surface area contributed by atoms with Crippen molar-refractivity contribution in [3.8, 4) is 0 Å². The van der Waals surface area contributed by atoms with E-state index < -0.39 is 22.1 Å². The molecular weight excluding hydrogens is 414 g/mol. The first kappa shape index (κ1) is 22.2. The van der Waals surface area contributed by atoms with Gasteiger partial charge in [-0.1, -0.05) is 54.6 Å². The minimum Gasteiger partial charge on any atom is -0.451 e. The second-order valence-corrected chi connectivity index (χ2v) is 8.88. The fourth-order valence-corrected chi connectivity index (χ4v) is 4.38. The average molecular weight is 438 g/mol. The van der Waals surface area contributed by atoms with Crippen LogP contribution < -0.4 is 4.31 Å². The van der Waals surface area contributed by atoms with E-state index >= 15 is 0 Å². The average Bonchev–Trinajstić information content (AvgIpc) is 2.78. The molecule has 160 valence electrons. The van der Waals surface area contributed by atoms with Gasteiger partial charge in [0.05, 0.1) is 22.7 Å². The van der Waals surface area contributed by atoms with E-state index in [4.69, 9.17) is 4.74 Å². The fraction of sp³-hybridized carbons (Fsp3) is 0.167. The Balaban J connectivity index is 1.98. The Labute approximate surface area is 182 Å². The summed E-state index contributed by atoms with van der Waals surface area (Å²) in [5.41, 5.74) is 1.38. The molecule has 0 radical (unpaired) electrons. The van der Waals surface area contributed by atoms with Crippen LogP contribution in [-0.4, -0.2) is 26.3 Å². The number of rotatable bonds is 8. The van der Waals surface area contributed by atoms with Crippen molar-refractivity contribution in [3.05, 3.63) is 96.1 Å². The Morgan fingerprint density at radius 1 is 0.903 bits per heavy atom. The maximum atomic E-state index is 13.6. The number of carbonyl (C=O) groups excluding carboxylic acids is 2. The smallest absolute Gasteiger partial charge is 0.338 e. The lowest BCUT2D eigenvalue weighted by Crippen LogP contribution is -2.30. The molecule has 3 aromatic rings. The number of ether oxygens (including phenoxy) is 1. The van der Waals surface area contributed by atoms with Crippen LogP contribution in [0.15, 0.2) is 89.8 Å². The Morgan fingerprint density at radius 3 is 2.13 bits per heavy atom. The van der Waals surface area contributed by atoms with E-state index in [1.807, 2.05) is 36.4 Å². The molecule has 1 unspecified atom stereocenters. The van der Waals surface area contributed by atoms with E-state index in [-0.39, 0.29) is 22.8 Å². The Kier molecular flexibility index (Phi) is 6.87. The molecule has 0 fully saturated rings. The Bertz CT molecular complexity index is 1160. The van der Waals surface area contributed by atoms with Crippen LogP contribution in [0.1, 0.15) is 29.8 Å². The molecule has 0 saturated carbocycles. The van der Waals surface area contributed by atoms with Gasteiger partial charge in [0.15, 0.2) is 11.9 Å². The van der Waals surface area contributed by atoms with Crippen molar-refractivity contribution in [2.45, 2.75) is 31.4 Å². The number of hydrogen-bond donors (Lipinski definition) is 0. The van der Waals surface area contributed by atoms with Gasteiger partial charge in [-0.05, 0) is 49.7 Å². The molecule has 0 saturated heterocycles. The van der Waals surface area contributed by atoms with Crippen LogP contribution >= 0.6 is 0 Å². The Morgan fingerprint density at radius 2 is 1.52 bits per heavy atom. The molecule has 0 amide bonds. The number of nitrogens with zero attached hydrogens (tertiary/aromatic N) is 1. The quantitative estimate of drug-likeness (QED) is 0.493. The fourth-order valence-electron chi connectivity index (χ4n) is 2.88. The van der Waals surface area contributed by atoms with Crippen LogP contribution in [0, 0.1) is 0 Å². The van der Waals surface area contributed by atoms with Crippen LogP contribution in [0.4, 0.5) is 5.69 Å². The van der Waals surface area contributed by atoms with Gasteiger partial charge in [0.2, 0.25) is 0 Å². The lowest BCUT2D eigenvalue weighted by molar-refractivity contribution is -0.124. The van der Waals surface area contributed by atoms with Crippen LogP contribution in [0.3, 0.4) is 0 Å². The van der Waals surface area contributed by atoms with Crippen LogP contribution in [0.5, 0.6) is 0 Å². The standard InChI is InChI=1S/C24H23NO5S/c1-18(26)19(2)30-24(27)21-12-9-15-23(16-21)31(28,29)25(22-13-7-4-8-14-22)17-20-10-5-3-6-11-20/h3-16,19H,17H2,1-2H3. The summed E-state index contributed by atoms with van der Waals surface area (Å²) in [7, 11) is -3.99. The largest absolute Gasteiger partial charge is 0.451 e. The third kappa shape index (κ3) is 5.38.